The van der Waals surface area contributed by atoms with Crippen LogP contribution in [0.1, 0.15) is 36.1 Å². The number of carbonyl (C=O) groups excluding carboxylic acids is 2. The largest absolute Gasteiger partial charge is 0.493 e. The molecule has 0 saturated carbocycles. The van der Waals surface area contributed by atoms with Gasteiger partial charge in [-0.3, -0.25) is 9.78 Å². The van der Waals surface area contributed by atoms with Gasteiger partial charge in [-0.15, -0.1) is 0 Å². The number of aromatic nitrogens is 1. The number of para-hydroxylation sites is 1. The summed E-state index contributed by atoms with van der Waals surface area (Å²) in [7, 11) is 3.12. The minimum absolute atomic E-state index is 0.0838. The van der Waals surface area contributed by atoms with Crippen molar-refractivity contribution >= 4 is 28.8 Å². The zero-order valence-corrected chi connectivity index (χ0v) is 23.8. The summed E-state index contributed by atoms with van der Waals surface area (Å²) in [5, 5.41) is 5.51. The maximum Gasteiger partial charge on any atom is 0.338 e. The number of rotatable bonds is 10. The molecule has 0 bridgehead atoms. The highest BCUT2D eigenvalue weighted by Gasteiger charge is 2.42. The van der Waals surface area contributed by atoms with Crippen LogP contribution in [0.2, 0.25) is 0 Å². The molecule has 1 aromatic heterocycles. The summed E-state index contributed by atoms with van der Waals surface area (Å²) in [6.07, 6.45) is 3.49. The molecule has 1 N–H and O–H groups in total. The van der Waals surface area contributed by atoms with E-state index >= 15 is 0 Å². The van der Waals surface area contributed by atoms with Gasteiger partial charge in [-0.25, -0.2) is 9.79 Å². The molecule has 3 heterocycles. The number of hydrogen-bond acceptors (Lipinski definition) is 9. The number of hydrogen-bond donors (Lipinski definition) is 1. The van der Waals surface area contributed by atoms with Crippen molar-refractivity contribution in [3.05, 3.63) is 112 Å². The number of pyridine rings is 1. The number of ether oxygens (including phenoxy) is 3. The standard InChI is InChI=1S/C31H30N4O5S/c1-20-27(30(37)40-18-21-9-5-4-6-10-21)28(24-12-7-13-25(38-2)29(24)39-3)35-23(19-41-31(35)34-20)15-26(36)33-17-22-11-8-14-32-16-22/h4-14,16,19,28H,15,17-18H2,1-3H3,(H,33,36)/t28-/m0/s1. The third-order valence-corrected chi connectivity index (χ3v) is 7.60. The average Bonchev–Trinajstić information content (AvgIpc) is 3.40. The molecule has 5 rings (SSSR count). The normalized spacial score (nSPS) is 16.0. The molecule has 41 heavy (non-hydrogen) atoms. The number of methoxy groups -OCH3 is 2. The first-order valence-electron chi connectivity index (χ1n) is 13.0. The maximum absolute atomic E-state index is 13.7. The highest BCUT2D eigenvalue weighted by atomic mass is 32.2. The molecule has 0 saturated heterocycles. The zero-order valence-electron chi connectivity index (χ0n) is 23.0. The molecule has 0 spiro atoms. The highest BCUT2D eigenvalue weighted by molar-refractivity contribution is 8.16. The van der Waals surface area contributed by atoms with Gasteiger partial charge in [0, 0.05) is 30.2 Å². The minimum atomic E-state index is -0.664. The molecule has 0 fully saturated rings. The summed E-state index contributed by atoms with van der Waals surface area (Å²) < 4.78 is 17.2. The van der Waals surface area contributed by atoms with Gasteiger partial charge in [-0.05, 0) is 35.6 Å². The Morgan fingerprint density at radius 3 is 2.54 bits per heavy atom. The summed E-state index contributed by atoms with van der Waals surface area (Å²) >= 11 is 1.41. The second kappa shape index (κ2) is 12.7. The van der Waals surface area contributed by atoms with E-state index in [1.165, 1.54) is 11.8 Å². The van der Waals surface area contributed by atoms with Crippen LogP contribution in [0.15, 0.2) is 100 Å². The number of esters is 1. The lowest BCUT2D eigenvalue weighted by Crippen LogP contribution is -2.38. The van der Waals surface area contributed by atoms with Crippen molar-refractivity contribution in [2.24, 2.45) is 4.99 Å². The topological polar surface area (TPSA) is 102 Å². The number of thioether (sulfide) groups is 1. The van der Waals surface area contributed by atoms with Gasteiger partial charge in [0.25, 0.3) is 0 Å². The molecule has 1 amide bonds. The monoisotopic (exact) mass is 570 g/mol. The minimum Gasteiger partial charge on any atom is -0.493 e. The molecule has 0 radical (unpaired) electrons. The van der Waals surface area contributed by atoms with E-state index in [4.69, 9.17) is 19.2 Å². The fourth-order valence-corrected chi connectivity index (χ4v) is 5.75. The number of carbonyl (C=O) groups is 2. The lowest BCUT2D eigenvalue weighted by atomic mass is 9.92. The number of amidine groups is 1. The quantitative estimate of drug-likeness (QED) is 0.335. The Morgan fingerprint density at radius 2 is 1.80 bits per heavy atom. The van der Waals surface area contributed by atoms with Crippen LogP contribution in [-0.2, 0) is 27.5 Å². The van der Waals surface area contributed by atoms with Crippen molar-refractivity contribution in [1.29, 1.82) is 0 Å². The summed E-state index contributed by atoms with van der Waals surface area (Å²) in [5.41, 5.74) is 4.06. The lowest BCUT2D eigenvalue weighted by Gasteiger charge is -2.37. The van der Waals surface area contributed by atoms with E-state index in [-0.39, 0.29) is 18.9 Å². The first kappa shape index (κ1) is 28.0. The van der Waals surface area contributed by atoms with Gasteiger partial charge in [-0.2, -0.15) is 0 Å². The molecule has 2 aromatic carbocycles. The molecule has 10 heteroatoms. The molecule has 0 unspecified atom stereocenters. The number of fused-ring (bicyclic) bond motifs is 1. The third-order valence-electron chi connectivity index (χ3n) is 6.72. The Morgan fingerprint density at radius 1 is 1.00 bits per heavy atom. The molecule has 210 valence electrons. The lowest BCUT2D eigenvalue weighted by molar-refractivity contribution is -0.141. The van der Waals surface area contributed by atoms with Crippen LogP contribution in [0.4, 0.5) is 0 Å². The summed E-state index contributed by atoms with van der Waals surface area (Å²) in [6.45, 7) is 2.27. The van der Waals surface area contributed by atoms with Crippen LogP contribution >= 0.6 is 11.8 Å². The first-order chi connectivity index (χ1) is 20.0. The summed E-state index contributed by atoms with van der Waals surface area (Å²) in [6, 6.07) is 18.1. The van der Waals surface area contributed by atoms with Gasteiger partial charge >= 0.3 is 5.97 Å². The van der Waals surface area contributed by atoms with Crippen molar-refractivity contribution in [2.45, 2.75) is 32.5 Å². The van der Waals surface area contributed by atoms with Crippen molar-refractivity contribution in [3.63, 3.8) is 0 Å². The number of nitrogens with one attached hydrogen (secondary N) is 1. The van der Waals surface area contributed by atoms with E-state index in [2.05, 4.69) is 10.3 Å². The number of benzene rings is 2. The molecule has 9 nitrogen and oxygen atoms in total. The van der Waals surface area contributed by atoms with Crippen LogP contribution in [0, 0.1) is 0 Å². The number of nitrogens with zero attached hydrogens (tertiary/aromatic N) is 3. The van der Waals surface area contributed by atoms with Crippen LogP contribution in [-0.4, -0.2) is 41.1 Å². The Hall–Kier alpha value is -4.57. The van der Waals surface area contributed by atoms with E-state index in [1.54, 1.807) is 39.6 Å². The second-order valence-corrected chi connectivity index (χ2v) is 10.2. The average molecular weight is 571 g/mol. The van der Waals surface area contributed by atoms with Crippen molar-refractivity contribution < 1.29 is 23.8 Å². The van der Waals surface area contributed by atoms with E-state index < -0.39 is 12.0 Å². The van der Waals surface area contributed by atoms with Gasteiger partial charge in [0.1, 0.15) is 6.61 Å². The predicted octanol–water partition coefficient (Wildman–Crippen LogP) is 5.12. The first-order valence-corrected chi connectivity index (χ1v) is 13.9. The van der Waals surface area contributed by atoms with Gasteiger partial charge in [0.2, 0.25) is 5.91 Å². The van der Waals surface area contributed by atoms with E-state index in [0.717, 1.165) is 11.1 Å². The molecule has 3 aromatic rings. The highest BCUT2D eigenvalue weighted by Crippen LogP contribution is 2.48. The maximum atomic E-state index is 13.7. The molecular formula is C31H30N4O5S. The van der Waals surface area contributed by atoms with Gasteiger partial charge in [0.05, 0.1) is 38.0 Å². The number of aliphatic imine (C=N–C) groups is 1. The van der Waals surface area contributed by atoms with Gasteiger partial charge in [0.15, 0.2) is 16.7 Å². The van der Waals surface area contributed by atoms with Crippen molar-refractivity contribution in [3.8, 4) is 11.5 Å². The van der Waals surface area contributed by atoms with E-state index in [0.29, 0.717) is 45.7 Å². The van der Waals surface area contributed by atoms with Crippen LogP contribution in [0.3, 0.4) is 0 Å². The van der Waals surface area contributed by atoms with Crippen molar-refractivity contribution in [1.82, 2.24) is 15.2 Å². The molecule has 0 aliphatic carbocycles. The fourth-order valence-electron chi connectivity index (χ4n) is 4.78. The Labute approximate surface area is 242 Å². The smallest absolute Gasteiger partial charge is 0.338 e. The number of amides is 1. The van der Waals surface area contributed by atoms with Crippen LogP contribution < -0.4 is 14.8 Å². The zero-order chi connectivity index (χ0) is 28.8. The molecule has 2 aliphatic heterocycles. The van der Waals surface area contributed by atoms with Crippen LogP contribution in [0.25, 0.3) is 0 Å². The Bertz CT molecular complexity index is 1520. The number of allylic oxidation sites excluding steroid dienone is 1. The van der Waals surface area contributed by atoms with Gasteiger partial charge in [-0.1, -0.05) is 60.3 Å². The second-order valence-electron chi connectivity index (χ2n) is 9.35. The SMILES string of the molecule is COc1cccc([C@H]2C(C(=O)OCc3ccccc3)=C(C)N=C3SC=C(CC(=O)NCc4cccnc4)N32)c1OC. The molecule has 2 aliphatic rings. The summed E-state index contributed by atoms with van der Waals surface area (Å²) in [4.78, 5) is 37.6. The van der Waals surface area contributed by atoms with Crippen molar-refractivity contribution in [2.75, 3.05) is 14.2 Å². The molecular weight excluding hydrogens is 540 g/mol. The fraction of sp³-hybridized carbons (Fsp3) is 0.226. The van der Waals surface area contributed by atoms with E-state index in [9.17, 15) is 9.59 Å². The molecule has 1 atom stereocenters. The third kappa shape index (κ3) is 6.12. The summed E-state index contributed by atoms with van der Waals surface area (Å²) in [5.74, 6) is 0.342. The van der Waals surface area contributed by atoms with E-state index in [1.807, 2.05) is 64.9 Å². The van der Waals surface area contributed by atoms with Crippen LogP contribution in [0.5, 0.6) is 11.5 Å². The Kier molecular flexibility index (Phi) is 8.69. The Balaban J connectivity index is 1.47. The van der Waals surface area contributed by atoms with Gasteiger partial charge < -0.3 is 24.4 Å². The predicted molar refractivity (Wildman–Crippen MR) is 157 cm³/mol.